The first kappa shape index (κ1) is 16.4. The highest BCUT2D eigenvalue weighted by molar-refractivity contribution is 5.89. The number of hydrogen-bond donors (Lipinski definition) is 2. The van der Waals surface area contributed by atoms with Gasteiger partial charge in [0.1, 0.15) is 31.0 Å². The Morgan fingerprint density at radius 3 is 2.57 bits per heavy atom. The smallest absolute Gasteiger partial charge is 0.338 e. The van der Waals surface area contributed by atoms with E-state index in [9.17, 15) is 15.0 Å². The summed E-state index contributed by atoms with van der Waals surface area (Å²) in [5, 5.41) is 20.3. The van der Waals surface area contributed by atoms with E-state index in [0.717, 1.165) is 0 Å². The van der Waals surface area contributed by atoms with Gasteiger partial charge in [-0.05, 0) is 26.0 Å². The average molecular weight is 324 g/mol. The first-order valence-electron chi connectivity index (χ1n) is 7.47. The number of fused-ring (bicyclic) bond motifs is 1. The lowest BCUT2D eigenvalue weighted by Gasteiger charge is -2.37. The van der Waals surface area contributed by atoms with Crippen molar-refractivity contribution in [2.24, 2.45) is 0 Å². The van der Waals surface area contributed by atoms with E-state index in [-0.39, 0.29) is 6.61 Å². The number of esters is 1. The van der Waals surface area contributed by atoms with Crippen LogP contribution in [0.2, 0.25) is 0 Å². The quantitative estimate of drug-likeness (QED) is 0.779. The van der Waals surface area contributed by atoms with Gasteiger partial charge in [0.05, 0.1) is 5.56 Å². The number of rotatable bonds is 3. The predicted molar refractivity (Wildman–Crippen MR) is 77.4 cm³/mol. The number of aliphatic hydroxyl groups is 2. The fourth-order valence-electron chi connectivity index (χ4n) is 2.71. The molecule has 0 unspecified atom stereocenters. The van der Waals surface area contributed by atoms with Crippen LogP contribution in [0.15, 0.2) is 30.3 Å². The largest absolute Gasteiger partial charge is 0.459 e. The highest BCUT2D eigenvalue weighted by atomic mass is 16.8. The van der Waals surface area contributed by atoms with Crippen LogP contribution in [0.5, 0.6) is 0 Å². The molecule has 2 heterocycles. The Hall–Kier alpha value is -1.51. The minimum Gasteiger partial charge on any atom is -0.459 e. The second-order valence-electron chi connectivity index (χ2n) is 6.09. The molecule has 2 aliphatic heterocycles. The van der Waals surface area contributed by atoms with Crippen molar-refractivity contribution in [2.45, 2.75) is 50.3 Å². The van der Waals surface area contributed by atoms with E-state index < -0.39 is 42.5 Å². The van der Waals surface area contributed by atoms with Gasteiger partial charge in [0.25, 0.3) is 0 Å². The van der Waals surface area contributed by atoms with E-state index in [0.29, 0.717) is 5.56 Å². The summed E-state index contributed by atoms with van der Waals surface area (Å²) >= 11 is 0. The Bertz CT molecular complexity index is 559. The van der Waals surface area contributed by atoms with Gasteiger partial charge < -0.3 is 29.2 Å². The van der Waals surface area contributed by atoms with Crippen LogP contribution in [-0.2, 0) is 18.9 Å². The van der Waals surface area contributed by atoms with Crippen LogP contribution in [0.25, 0.3) is 0 Å². The number of aliphatic hydroxyl groups excluding tert-OH is 2. The van der Waals surface area contributed by atoms with Gasteiger partial charge in [-0.15, -0.1) is 0 Å². The van der Waals surface area contributed by atoms with Crippen molar-refractivity contribution < 1.29 is 34.0 Å². The maximum atomic E-state index is 11.9. The second kappa shape index (κ2) is 6.18. The predicted octanol–water partition coefficient (Wildman–Crippen LogP) is 0.442. The van der Waals surface area contributed by atoms with Crippen molar-refractivity contribution in [3.05, 3.63) is 35.9 Å². The molecule has 0 spiro atoms. The van der Waals surface area contributed by atoms with E-state index >= 15 is 0 Å². The lowest BCUT2D eigenvalue weighted by Crippen LogP contribution is -2.57. The molecule has 23 heavy (non-hydrogen) atoms. The Labute approximate surface area is 133 Å². The van der Waals surface area contributed by atoms with Gasteiger partial charge in [-0.1, -0.05) is 18.2 Å². The molecule has 2 aliphatic rings. The SMILES string of the molecule is CC1(C)O[C@H]2O[C@@H](COC(=O)c3ccccc3)[C@H](O)[C@H](O)[C@H]2O1. The second-order valence-corrected chi connectivity index (χ2v) is 6.09. The normalized spacial score (nSPS) is 35.6. The summed E-state index contributed by atoms with van der Waals surface area (Å²) in [7, 11) is 0. The lowest BCUT2D eigenvalue weighted by atomic mass is 9.99. The molecule has 0 aliphatic carbocycles. The first-order valence-corrected chi connectivity index (χ1v) is 7.47. The van der Waals surface area contributed by atoms with Gasteiger partial charge in [-0.25, -0.2) is 4.79 Å². The number of hydrogen-bond acceptors (Lipinski definition) is 7. The van der Waals surface area contributed by atoms with Crippen LogP contribution >= 0.6 is 0 Å². The monoisotopic (exact) mass is 324 g/mol. The number of carbonyl (C=O) groups is 1. The summed E-state index contributed by atoms with van der Waals surface area (Å²) < 4.78 is 21.8. The standard InChI is InChI=1S/C16H20O7/c1-16(2)22-13-12(18)11(17)10(21-15(13)23-16)8-20-14(19)9-6-4-3-5-7-9/h3-7,10-13,15,17-18H,8H2,1-2H3/t10-,11-,12-,13+,15+/m0/s1. The van der Waals surface area contributed by atoms with Crippen molar-refractivity contribution in [2.75, 3.05) is 6.61 Å². The summed E-state index contributed by atoms with van der Waals surface area (Å²) in [6.07, 6.45) is -4.91. The maximum absolute atomic E-state index is 11.9. The molecule has 2 saturated heterocycles. The molecule has 0 radical (unpaired) electrons. The zero-order valence-corrected chi connectivity index (χ0v) is 12.9. The van der Waals surface area contributed by atoms with E-state index in [1.165, 1.54) is 0 Å². The van der Waals surface area contributed by atoms with E-state index in [2.05, 4.69) is 0 Å². The summed E-state index contributed by atoms with van der Waals surface area (Å²) in [4.78, 5) is 11.9. The molecule has 0 bridgehead atoms. The number of ether oxygens (including phenoxy) is 4. The average Bonchev–Trinajstić information content (AvgIpc) is 2.84. The molecular weight excluding hydrogens is 304 g/mol. The summed E-state index contributed by atoms with van der Waals surface area (Å²) in [5.41, 5.74) is 0.401. The minimum absolute atomic E-state index is 0.195. The van der Waals surface area contributed by atoms with Crippen molar-refractivity contribution in [1.29, 1.82) is 0 Å². The van der Waals surface area contributed by atoms with Crippen molar-refractivity contribution in [3.8, 4) is 0 Å². The minimum atomic E-state index is -1.24. The molecule has 5 atom stereocenters. The third-order valence-corrected chi connectivity index (χ3v) is 3.85. The van der Waals surface area contributed by atoms with Gasteiger partial charge in [-0.2, -0.15) is 0 Å². The van der Waals surface area contributed by atoms with Gasteiger partial charge in [0, 0.05) is 0 Å². The first-order chi connectivity index (χ1) is 10.9. The Morgan fingerprint density at radius 2 is 1.87 bits per heavy atom. The molecule has 1 aromatic carbocycles. The highest BCUT2D eigenvalue weighted by Gasteiger charge is 2.53. The highest BCUT2D eigenvalue weighted by Crippen LogP contribution is 2.36. The van der Waals surface area contributed by atoms with Crippen LogP contribution in [0.3, 0.4) is 0 Å². The van der Waals surface area contributed by atoms with E-state index in [4.69, 9.17) is 18.9 Å². The topological polar surface area (TPSA) is 94.5 Å². The molecule has 0 saturated carbocycles. The van der Waals surface area contributed by atoms with Gasteiger partial charge in [0.15, 0.2) is 12.1 Å². The molecule has 3 rings (SSSR count). The summed E-state index contributed by atoms with van der Waals surface area (Å²) in [6.45, 7) is 3.19. The van der Waals surface area contributed by atoms with Gasteiger partial charge >= 0.3 is 5.97 Å². The molecule has 7 nitrogen and oxygen atoms in total. The van der Waals surface area contributed by atoms with Gasteiger partial charge in [0.2, 0.25) is 0 Å². The molecule has 2 fully saturated rings. The molecule has 1 aromatic rings. The summed E-state index contributed by atoms with van der Waals surface area (Å²) in [5.74, 6) is -1.44. The third-order valence-electron chi connectivity index (χ3n) is 3.85. The Kier molecular flexibility index (Phi) is 4.39. The summed E-state index contributed by atoms with van der Waals surface area (Å²) in [6, 6.07) is 8.50. The van der Waals surface area contributed by atoms with Crippen molar-refractivity contribution in [3.63, 3.8) is 0 Å². The molecule has 126 valence electrons. The third kappa shape index (κ3) is 3.39. The van der Waals surface area contributed by atoms with Crippen LogP contribution in [0.4, 0.5) is 0 Å². The van der Waals surface area contributed by atoms with Crippen LogP contribution < -0.4 is 0 Å². The molecule has 7 heteroatoms. The zero-order chi connectivity index (χ0) is 16.6. The van der Waals surface area contributed by atoms with Crippen molar-refractivity contribution in [1.82, 2.24) is 0 Å². The number of carbonyl (C=O) groups excluding carboxylic acids is 1. The molecular formula is C16H20O7. The van der Waals surface area contributed by atoms with E-state index in [1.807, 2.05) is 0 Å². The van der Waals surface area contributed by atoms with Crippen LogP contribution in [0.1, 0.15) is 24.2 Å². The fourth-order valence-corrected chi connectivity index (χ4v) is 2.71. The maximum Gasteiger partial charge on any atom is 0.338 e. The lowest BCUT2D eigenvalue weighted by molar-refractivity contribution is -0.256. The van der Waals surface area contributed by atoms with Crippen LogP contribution in [-0.4, -0.2) is 59.3 Å². The molecule has 0 amide bonds. The van der Waals surface area contributed by atoms with Gasteiger partial charge in [-0.3, -0.25) is 0 Å². The van der Waals surface area contributed by atoms with E-state index in [1.54, 1.807) is 44.2 Å². The zero-order valence-electron chi connectivity index (χ0n) is 12.9. The van der Waals surface area contributed by atoms with Crippen LogP contribution in [0, 0.1) is 0 Å². The molecule has 0 aromatic heterocycles. The Balaban J connectivity index is 1.61. The Morgan fingerprint density at radius 1 is 1.17 bits per heavy atom. The number of benzene rings is 1. The van der Waals surface area contributed by atoms with Crippen molar-refractivity contribution >= 4 is 5.97 Å². The molecule has 2 N–H and O–H groups in total. The fraction of sp³-hybridized carbons (Fsp3) is 0.562.